The molecule has 1 aliphatic heterocycles. The van der Waals surface area contributed by atoms with Crippen molar-refractivity contribution in [3.8, 4) is 0 Å². The van der Waals surface area contributed by atoms with E-state index >= 15 is 0 Å². The molecule has 0 spiro atoms. The molecule has 0 radical (unpaired) electrons. The van der Waals surface area contributed by atoms with E-state index in [4.69, 9.17) is 5.73 Å². The number of hydrogen-bond acceptors (Lipinski definition) is 2. The van der Waals surface area contributed by atoms with Gasteiger partial charge in [-0.15, -0.1) is 0 Å². The molecule has 62 valence electrons. The number of carbonyl (C=O) groups excluding carboxylic acids is 1. The lowest BCUT2D eigenvalue weighted by Gasteiger charge is -2.30. The van der Waals surface area contributed by atoms with Crippen LogP contribution < -0.4 is 5.73 Å². The molecule has 0 bridgehead atoms. The summed E-state index contributed by atoms with van der Waals surface area (Å²) in [4.78, 5) is 12.8. The monoisotopic (exact) mass is 154 g/mol. The van der Waals surface area contributed by atoms with Gasteiger partial charge < -0.3 is 10.6 Å². The quantitative estimate of drug-likeness (QED) is 0.551. The van der Waals surface area contributed by atoms with Crippen molar-refractivity contribution in [1.82, 2.24) is 4.90 Å². The van der Waals surface area contributed by atoms with E-state index in [1.165, 1.54) is 0 Å². The second kappa shape index (κ2) is 2.95. The van der Waals surface area contributed by atoms with Crippen LogP contribution in [0.2, 0.25) is 0 Å². The van der Waals surface area contributed by atoms with Crippen LogP contribution in [-0.4, -0.2) is 23.4 Å². The van der Waals surface area contributed by atoms with Crippen molar-refractivity contribution >= 4 is 5.91 Å². The Balaban J connectivity index is 2.68. The third-order valence-electron chi connectivity index (χ3n) is 1.99. The van der Waals surface area contributed by atoms with Crippen LogP contribution >= 0.6 is 0 Å². The zero-order valence-electron chi connectivity index (χ0n) is 7.00. The van der Waals surface area contributed by atoms with Gasteiger partial charge in [-0.1, -0.05) is 0 Å². The highest BCUT2D eigenvalue weighted by atomic mass is 16.2. The Kier molecular flexibility index (Phi) is 2.17. The highest BCUT2D eigenvalue weighted by Crippen LogP contribution is 2.12. The SMILES string of the molecule is CC(=O)N1CCC(N)=C[C@H]1C. The minimum Gasteiger partial charge on any atom is -0.402 e. The van der Waals surface area contributed by atoms with Gasteiger partial charge in [0.15, 0.2) is 0 Å². The van der Waals surface area contributed by atoms with Crippen LogP contribution in [0, 0.1) is 0 Å². The third-order valence-corrected chi connectivity index (χ3v) is 1.99. The molecule has 1 amide bonds. The normalized spacial score (nSPS) is 24.7. The van der Waals surface area contributed by atoms with Gasteiger partial charge in [0.2, 0.25) is 5.91 Å². The predicted molar refractivity (Wildman–Crippen MR) is 43.7 cm³/mol. The topological polar surface area (TPSA) is 46.3 Å². The van der Waals surface area contributed by atoms with Gasteiger partial charge in [0.25, 0.3) is 0 Å². The first-order valence-electron chi connectivity index (χ1n) is 3.84. The summed E-state index contributed by atoms with van der Waals surface area (Å²) in [6, 6.07) is 0.168. The maximum atomic E-state index is 11.0. The smallest absolute Gasteiger partial charge is 0.219 e. The Morgan fingerprint density at radius 2 is 2.45 bits per heavy atom. The molecule has 0 saturated heterocycles. The summed E-state index contributed by atoms with van der Waals surface area (Å²) >= 11 is 0. The molecule has 11 heavy (non-hydrogen) atoms. The Bertz CT molecular complexity index is 198. The fourth-order valence-electron chi connectivity index (χ4n) is 1.38. The average Bonchev–Trinajstić information content (AvgIpc) is 1.85. The molecule has 1 aliphatic rings. The Hall–Kier alpha value is -0.990. The van der Waals surface area contributed by atoms with Crippen molar-refractivity contribution in [3.05, 3.63) is 11.8 Å². The summed E-state index contributed by atoms with van der Waals surface area (Å²) < 4.78 is 0. The number of nitrogens with zero attached hydrogens (tertiary/aromatic N) is 1. The van der Waals surface area contributed by atoms with Crippen LogP contribution in [0.5, 0.6) is 0 Å². The largest absolute Gasteiger partial charge is 0.402 e. The molecule has 0 fully saturated rings. The second-order valence-corrected chi connectivity index (χ2v) is 2.94. The lowest BCUT2D eigenvalue weighted by Crippen LogP contribution is -2.40. The van der Waals surface area contributed by atoms with Gasteiger partial charge in [-0.2, -0.15) is 0 Å². The Labute approximate surface area is 66.9 Å². The summed E-state index contributed by atoms with van der Waals surface area (Å²) in [6.07, 6.45) is 2.74. The number of rotatable bonds is 0. The first-order valence-corrected chi connectivity index (χ1v) is 3.84. The molecular formula is C8H14N2O. The van der Waals surface area contributed by atoms with Crippen molar-refractivity contribution in [3.63, 3.8) is 0 Å². The van der Waals surface area contributed by atoms with Crippen molar-refractivity contribution in [2.24, 2.45) is 5.73 Å². The van der Waals surface area contributed by atoms with Crippen LogP contribution in [0.3, 0.4) is 0 Å². The van der Waals surface area contributed by atoms with Crippen LogP contribution in [0.1, 0.15) is 20.3 Å². The molecule has 1 atom stereocenters. The zero-order chi connectivity index (χ0) is 8.43. The predicted octanol–water partition coefficient (Wildman–Crippen LogP) is 0.470. The molecular weight excluding hydrogens is 140 g/mol. The average molecular weight is 154 g/mol. The molecule has 0 aromatic carbocycles. The van der Waals surface area contributed by atoms with Crippen molar-refractivity contribution in [2.45, 2.75) is 26.3 Å². The molecule has 2 N–H and O–H groups in total. The lowest BCUT2D eigenvalue weighted by atomic mass is 10.1. The fourth-order valence-corrected chi connectivity index (χ4v) is 1.38. The molecule has 0 unspecified atom stereocenters. The van der Waals surface area contributed by atoms with Gasteiger partial charge in [0, 0.05) is 31.6 Å². The molecule has 1 heterocycles. The van der Waals surface area contributed by atoms with E-state index in [9.17, 15) is 4.79 Å². The molecule has 0 aromatic heterocycles. The van der Waals surface area contributed by atoms with Crippen LogP contribution in [0.25, 0.3) is 0 Å². The highest BCUT2D eigenvalue weighted by Gasteiger charge is 2.18. The minimum atomic E-state index is 0.126. The van der Waals surface area contributed by atoms with Gasteiger partial charge in [-0.05, 0) is 13.0 Å². The van der Waals surface area contributed by atoms with Gasteiger partial charge in [-0.3, -0.25) is 4.79 Å². The summed E-state index contributed by atoms with van der Waals surface area (Å²) in [5.74, 6) is 0.126. The molecule has 1 rings (SSSR count). The van der Waals surface area contributed by atoms with E-state index in [0.717, 1.165) is 18.7 Å². The Morgan fingerprint density at radius 1 is 1.82 bits per heavy atom. The van der Waals surface area contributed by atoms with Gasteiger partial charge in [0.05, 0.1) is 0 Å². The number of carbonyl (C=O) groups is 1. The van der Waals surface area contributed by atoms with E-state index in [1.54, 1.807) is 6.92 Å². The zero-order valence-corrected chi connectivity index (χ0v) is 7.00. The first-order chi connectivity index (χ1) is 5.11. The maximum Gasteiger partial charge on any atom is 0.219 e. The number of nitrogens with two attached hydrogens (primary N) is 1. The molecule has 3 nitrogen and oxygen atoms in total. The van der Waals surface area contributed by atoms with Crippen molar-refractivity contribution in [1.29, 1.82) is 0 Å². The fraction of sp³-hybridized carbons (Fsp3) is 0.625. The van der Waals surface area contributed by atoms with Gasteiger partial charge in [-0.25, -0.2) is 0 Å². The van der Waals surface area contributed by atoms with Gasteiger partial charge in [0.1, 0.15) is 0 Å². The second-order valence-electron chi connectivity index (χ2n) is 2.94. The lowest BCUT2D eigenvalue weighted by molar-refractivity contribution is -0.130. The highest BCUT2D eigenvalue weighted by molar-refractivity contribution is 5.74. The number of hydrogen-bond donors (Lipinski definition) is 1. The first kappa shape index (κ1) is 8.11. The Morgan fingerprint density at radius 3 is 2.91 bits per heavy atom. The third kappa shape index (κ3) is 1.73. The molecule has 3 heteroatoms. The van der Waals surface area contributed by atoms with Crippen molar-refractivity contribution < 1.29 is 4.79 Å². The van der Waals surface area contributed by atoms with Gasteiger partial charge >= 0.3 is 0 Å². The van der Waals surface area contributed by atoms with E-state index in [1.807, 2.05) is 17.9 Å². The molecule has 0 aliphatic carbocycles. The van der Waals surface area contributed by atoms with E-state index < -0.39 is 0 Å². The number of amides is 1. The summed E-state index contributed by atoms with van der Waals surface area (Å²) in [5.41, 5.74) is 6.51. The maximum absolute atomic E-state index is 11.0. The summed E-state index contributed by atoms with van der Waals surface area (Å²) in [7, 11) is 0. The van der Waals surface area contributed by atoms with E-state index in [-0.39, 0.29) is 11.9 Å². The minimum absolute atomic E-state index is 0.126. The van der Waals surface area contributed by atoms with Crippen LogP contribution in [0.15, 0.2) is 11.8 Å². The summed E-state index contributed by atoms with van der Waals surface area (Å²) in [5, 5.41) is 0. The van der Waals surface area contributed by atoms with Crippen LogP contribution in [0.4, 0.5) is 0 Å². The van der Waals surface area contributed by atoms with Crippen LogP contribution in [-0.2, 0) is 4.79 Å². The van der Waals surface area contributed by atoms with E-state index in [0.29, 0.717) is 0 Å². The standard InChI is InChI=1S/C8H14N2O/c1-6-5-8(9)3-4-10(6)7(2)11/h5-6H,3-4,9H2,1-2H3/t6-/m1/s1. The molecule has 0 saturated carbocycles. The van der Waals surface area contributed by atoms with E-state index in [2.05, 4.69) is 0 Å². The molecule has 0 aromatic rings. The summed E-state index contributed by atoms with van der Waals surface area (Å²) in [6.45, 7) is 4.33. The van der Waals surface area contributed by atoms with Crippen molar-refractivity contribution in [2.75, 3.05) is 6.54 Å².